The molecule has 24 heteroatoms. The van der Waals surface area contributed by atoms with Gasteiger partial charge in [-0.15, -0.1) is 0 Å². The topological polar surface area (TPSA) is 268 Å². The predicted molar refractivity (Wildman–Crippen MR) is 347 cm³/mol. The van der Waals surface area contributed by atoms with Gasteiger partial charge in [0.25, 0.3) is 0 Å². The van der Waals surface area contributed by atoms with Crippen LogP contribution in [0, 0.1) is 0 Å². The van der Waals surface area contributed by atoms with Crippen LogP contribution in [0.15, 0.2) is 119 Å². The molecule has 6 heterocycles. The summed E-state index contributed by atoms with van der Waals surface area (Å²) in [6.45, 7) is 16.0. The van der Waals surface area contributed by atoms with Crippen LogP contribution in [-0.2, 0) is 23.8 Å². The van der Waals surface area contributed by atoms with Gasteiger partial charge in [-0.25, -0.2) is 9.97 Å². The minimum absolute atomic E-state index is 0. The largest absolute Gasteiger partial charge is 1.00 e. The Morgan fingerprint density at radius 3 is 1.47 bits per heavy atom. The molecule has 10 rings (SSSR count). The summed E-state index contributed by atoms with van der Waals surface area (Å²) < 4.78 is 22.4. The minimum atomic E-state index is -1.30. The third kappa shape index (κ3) is 17.4. The zero-order valence-electron chi connectivity index (χ0n) is 51.0. The third-order valence-corrected chi connectivity index (χ3v) is 21.1. The number of carbonyl (C=O) groups is 2. The molecule has 87 heavy (non-hydrogen) atoms. The monoisotopic (exact) mass is 1340 g/mol. The summed E-state index contributed by atoms with van der Waals surface area (Å²) in [5.41, 5.74) is 14.6. The molecule has 2 fully saturated rings. The molecule has 0 unspecified atom stereocenters. The Morgan fingerprint density at radius 1 is 0.632 bits per heavy atom. The zero-order valence-corrected chi connectivity index (χ0v) is 56.2. The van der Waals surface area contributed by atoms with Crippen molar-refractivity contribution in [2.75, 3.05) is 44.4 Å². The van der Waals surface area contributed by atoms with Crippen LogP contribution < -0.4 is 29.5 Å². The first-order valence-electron chi connectivity index (χ1n) is 29.1. The number of rotatable bonds is 21. The number of fused-ring (bicyclic) bond motifs is 2. The van der Waals surface area contributed by atoms with Crippen LogP contribution in [0.5, 0.6) is 0 Å². The van der Waals surface area contributed by atoms with E-state index in [1.54, 1.807) is 10.7 Å². The number of ether oxygens (including phenoxy) is 3. The summed E-state index contributed by atoms with van der Waals surface area (Å²) in [6.07, 6.45) is 11.4. The number of methoxy groups -OCH3 is 1. The van der Waals surface area contributed by atoms with E-state index in [-0.39, 0.29) is 49.0 Å². The quantitative estimate of drug-likeness (QED) is 0.0225. The Morgan fingerprint density at radius 2 is 1.06 bits per heavy atom. The molecule has 2 aliphatic carbocycles. The number of halogens is 2. The predicted octanol–water partition coefficient (Wildman–Crippen LogP) is 10.1. The molecule has 0 spiro atoms. The summed E-state index contributed by atoms with van der Waals surface area (Å²) in [5.74, 6) is -0.0182. The van der Waals surface area contributed by atoms with Gasteiger partial charge in [0.2, 0.25) is 0 Å². The van der Waals surface area contributed by atoms with E-state index in [0.29, 0.717) is 99.6 Å². The van der Waals surface area contributed by atoms with Crippen molar-refractivity contribution in [1.29, 1.82) is 0 Å². The number of carbonyl (C=O) groups excluding carboxylic acids is 1. The van der Waals surface area contributed by atoms with Gasteiger partial charge in [0.15, 0.2) is 17.1 Å². The molecule has 0 saturated heterocycles. The van der Waals surface area contributed by atoms with Gasteiger partial charge in [0, 0.05) is 87.0 Å². The van der Waals surface area contributed by atoms with E-state index in [0.717, 1.165) is 78.5 Å². The van der Waals surface area contributed by atoms with Gasteiger partial charge in [-0.1, -0.05) is 112 Å². The van der Waals surface area contributed by atoms with Gasteiger partial charge in [-0.3, -0.25) is 19.6 Å². The van der Waals surface area contributed by atoms with Crippen molar-refractivity contribution in [2.24, 2.45) is 0 Å². The Labute approximate surface area is 539 Å². The molecule has 2 aromatic carbocycles. The molecule has 458 valence electrons. The Bertz CT molecular complexity index is 3560. The van der Waals surface area contributed by atoms with Crippen molar-refractivity contribution in [3.8, 4) is 44.8 Å². The molecule has 0 atom stereocenters. The average Bonchev–Trinajstić information content (AvgIpc) is 1.77. The number of aromatic nitrogens is 8. The molecular weight excluding hydrogens is 1260 g/mol. The smallest absolute Gasteiger partial charge is 0.870 e. The van der Waals surface area contributed by atoms with Crippen LogP contribution in [0.2, 0.25) is 51.4 Å². The summed E-state index contributed by atoms with van der Waals surface area (Å²) in [6, 6.07) is 30.3. The minimum Gasteiger partial charge on any atom is -0.870 e. The molecule has 19 nitrogen and oxygen atoms in total. The number of carboxylic acid groups (broad SMARTS) is 1. The van der Waals surface area contributed by atoms with Crippen molar-refractivity contribution in [1.82, 2.24) is 39.2 Å². The number of hydrogen-bond acceptors (Lipinski definition) is 16. The zero-order chi connectivity index (χ0) is 60.7. The fourth-order valence-electron chi connectivity index (χ4n) is 11.0. The Hall–Kier alpha value is -5.69. The number of hydrogen-bond donors (Lipinski definition) is 4. The van der Waals surface area contributed by atoms with Gasteiger partial charge in [-0.05, 0) is 107 Å². The number of esters is 1. The van der Waals surface area contributed by atoms with Crippen molar-refractivity contribution < 1.29 is 63.5 Å². The molecular formula is C63H79Br2LiN10O9Si2. The summed E-state index contributed by atoms with van der Waals surface area (Å²) in [5, 5.41) is 40.6. The number of anilines is 2. The maximum Gasteiger partial charge on any atom is 1.00 e. The number of benzene rings is 2. The van der Waals surface area contributed by atoms with E-state index in [1.165, 1.54) is 7.11 Å². The molecule has 0 radical (unpaired) electrons. The second-order valence-electron chi connectivity index (χ2n) is 25.1. The molecule has 2 saturated carbocycles. The first-order valence-corrected chi connectivity index (χ1v) is 38.1. The van der Waals surface area contributed by atoms with Crippen molar-refractivity contribution >= 4 is 82.9 Å². The van der Waals surface area contributed by atoms with Crippen molar-refractivity contribution in [2.45, 2.75) is 139 Å². The van der Waals surface area contributed by atoms with E-state index in [9.17, 15) is 24.9 Å². The molecule has 2 aliphatic rings. The normalized spacial score (nSPS) is 18.7. The number of aliphatic hydroxyl groups is 2. The van der Waals surface area contributed by atoms with E-state index >= 15 is 0 Å². The van der Waals surface area contributed by atoms with Gasteiger partial charge >= 0.3 is 30.8 Å². The van der Waals surface area contributed by atoms with Gasteiger partial charge < -0.3 is 45.6 Å². The molecule has 6 N–H and O–H groups in total. The van der Waals surface area contributed by atoms with Crippen LogP contribution >= 0.6 is 31.9 Å². The van der Waals surface area contributed by atoms with Crippen LogP contribution in [0.25, 0.3) is 56.1 Å². The molecule has 0 amide bonds. The van der Waals surface area contributed by atoms with Crippen molar-refractivity contribution in [3.63, 3.8) is 0 Å². The fraction of sp³-hybridized carbons (Fsp3) is 0.429. The standard InChI is InChI=1S/C37H52BrN5O5Si2.C26H26BrN5O3.Li.H2O/c1-49(2,3)20-18-47-25-42(26-48-19-21-50(4,5)6)36-33(38)34(28-14-16-37(46,17-15-28)22-32(44)45)41-35-30(24-40-43(35)36)29-12-13-31(39-23-29)27-10-8-7-9-11-27;1-35-21(33)13-26(34)11-9-17(10-12-26)23-22(27)24(28)32-25(31-23)19(15-30-32)18-7-8-20(29-14-18)16-5-3-2-4-6-16;;/h7-13,23-24,28,46H,14-22,25-26H2,1-6H3,(H,44,45);2-8,14-15,17,34H,9-13,28H2,1H3;;1H2/q;;+1;/p-1. The van der Waals surface area contributed by atoms with E-state index < -0.39 is 39.3 Å². The number of nitrogens with zero attached hydrogens (tertiary/aromatic N) is 9. The van der Waals surface area contributed by atoms with Gasteiger partial charge in [0.1, 0.15) is 19.3 Å². The third-order valence-electron chi connectivity index (χ3n) is 16.1. The van der Waals surface area contributed by atoms with Gasteiger partial charge in [-0.2, -0.15) is 19.2 Å². The first-order chi connectivity index (χ1) is 40.5. The van der Waals surface area contributed by atoms with E-state index in [2.05, 4.69) is 92.2 Å². The number of pyridine rings is 2. The van der Waals surface area contributed by atoms with E-state index in [1.807, 2.05) is 102 Å². The van der Waals surface area contributed by atoms with Crippen LogP contribution in [0.1, 0.15) is 87.4 Å². The van der Waals surface area contributed by atoms with E-state index in [4.69, 9.17) is 40.0 Å². The van der Waals surface area contributed by atoms with Crippen LogP contribution in [0.4, 0.5) is 11.6 Å². The number of aliphatic carboxylic acids is 1. The number of nitrogen functional groups attached to an aromatic ring is 1. The fourth-order valence-corrected chi connectivity index (χ4v) is 13.9. The maximum absolute atomic E-state index is 11.7. The first kappa shape index (κ1) is 68.8. The second-order valence-corrected chi connectivity index (χ2v) is 37.9. The van der Waals surface area contributed by atoms with Crippen LogP contribution in [-0.4, -0.2) is 133 Å². The molecule has 0 bridgehead atoms. The SMILES string of the molecule is COC(=O)CC1(O)CCC(c2nc3c(-c4ccc(-c5ccccc5)nc4)cnn3c(N)c2Br)CC1.C[Si](C)(C)CCOCN(COCC[Si](C)(C)C)c1c(Br)c(C2CCC(O)(CC(=O)O)CC2)nc2c(-c3ccc(-c4ccccc4)nc3)cnn12.[Li+].[OH-]. The number of nitrogens with two attached hydrogens (primary N) is 1. The number of carboxylic acids is 1. The second kappa shape index (κ2) is 29.7. The Balaban J connectivity index is 0.000000257. The van der Waals surface area contributed by atoms with Gasteiger partial charge in [0.05, 0.1) is 75.3 Å². The summed E-state index contributed by atoms with van der Waals surface area (Å²) in [4.78, 5) is 44.9. The Kier molecular flexibility index (Phi) is 23.5. The molecule has 8 aromatic rings. The average molecular weight is 1340 g/mol. The summed E-state index contributed by atoms with van der Waals surface area (Å²) in [7, 11) is -1.26. The molecule has 6 aromatic heterocycles. The molecule has 0 aliphatic heterocycles. The maximum atomic E-state index is 11.7. The summed E-state index contributed by atoms with van der Waals surface area (Å²) >= 11 is 7.58. The van der Waals surface area contributed by atoms with Crippen LogP contribution in [0.3, 0.4) is 0 Å². The van der Waals surface area contributed by atoms with Crippen molar-refractivity contribution in [3.05, 3.63) is 130 Å².